The molecule has 2 rings (SSSR count). The highest BCUT2D eigenvalue weighted by Crippen LogP contribution is 2.41. The van der Waals surface area contributed by atoms with Crippen molar-refractivity contribution in [2.24, 2.45) is 0 Å². The summed E-state index contributed by atoms with van der Waals surface area (Å²) >= 11 is 6.01. The van der Waals surface area contributed by atoms with Crippen LogP contribution in [0.1, 0.15) is 22.1 Å². The quantitative estimate of drug-likeness (QED) is 0.607. The van der Waals surface area contributed by atoms with Gasteiger partial charge in [0.2, 0.25) is 0 Å². The van der Waals surface area contributed by atoms with Gasteiger partial charge in [0.1, 0.15) is 5.75 Å². The van der Waals surface area contributed by atoms with E-state index in [1.807, 2.05) is 6.92 Å². The molecule has 0 spiro atoms. The molecule has 0 bridgehead atoms. The second kappa shape index (κ2) is 2.67. The zero-order valence-electron chi connectivity index (χ0n) is 7.23. The summed E-state index contributed by atoms with van der Waals surface area (Å²) in [5.41, 5.74) is 3.77. The van der Waals surface area contributed by atoms with Crippen LogP contribution < -0.4 is 4.74 Å². The molecular weight excluding hydrogens is 172 g/mol. The summed E-state index contributed by atoms with van der Waals surface area (Å²) in [5.74, 6) is 0.970. The molecule has 0 saturated heterocycles. The minimum Gasteiger partial charge on any atom is -0.496 e. The third kappa shape index (κ3) is 1.00. The molecule has 2 heteroatoms. The van der Waals surface area contributed by atoms with E-state index in [1.54, 1.807) is 7.11 Å². The number of fused-ring (bicyclic) bond motifs is 1. The van der Waals surface area contributed by atoms with Crippen molar-refractivity contribution >= 4 is 11.6 Å². The number of rotatable bonds is 1. The molecule has 0 N–H and O–H groups in total. The molecule has 1 atom stereocenters. The molecule has 1 aromatic rings. The molecular formula is C10H11ClO. The Balaban J connectivity index is 2.47. The third-order valence-electron chi connectivity index (χ3n) is 2.39. The highest BCUT2D eigenvalue weighted by atomic mass is 35.5. The Bertz CT molecular complexity index is 304. The van der Waals surface area contributed by atoms with Crippen LogP contribution >= 0.6 is 11.6 Å². The summed E-state index contributed by atoms with van der Waals surface area (Å²) in [6, 6.07) is 4.21. The summed E-state index contributed by atoms with van der Waals surface area (Å²) in [5, 5.41) is 0.226. The number of ether oxygens (including phenoxy) is 1. The van der Waals surface area contributed by atoms with Crippen molar-refractivity contribution in [3.63, 3.8) is 0 Å². The minimum atomic E-state index is 0.226. The van der Waals surface area contributed by atoms with Gasteiger partial charge in [-0.15, -0.1) is 11.6 Å². The average molecular weight is 183 g/mol. The van der Waals surface area contributed by atoms with Crippen LogP contribution in [0.5, 0.6) is 5.75 Å². The maximum Gasteiger partial charge on any atom is 0.122 e. The topological polar surface area (TPSA) is 9.23 Å². The van der Waals surface area contributed by atoms with Gasteiger partial charge in [-0.25, -0.2) is 0 Å². The van der Waals surface area contributed by atoms with E-state index in [0.717, 1.165) is 12.2 Å². The van der Waals surface area contributed by atoms with Gasteiger partial charge < -0.3 is 4.74 Å². The average Bonchev–Trinajstić information content (AvgIpc) is 2.06. The van der Waals surface area contributed by atoms with Crippen molar-refractivity contribution in [3.8, 4) is 5.75 Å². The fourth-order valence-electron chi connectivity index (χ4n) is 1.61. The zero-order chi connectivity index (χ0) is 8.72. The van der Waals surface area contributed by atoms with E-state index in [9.17, 15) is 0 Å². The number of methoxy groups -OCH3 is 1. The largest absolute Gasteiger partial charge is 0.496 e. The van der Waals surface area contributed by atoms with Gasteiger partial charge in [-0.1, -0.05) is 6.07 Å². The molecule has 1 aromatic carbocycles. The van der Waals surface area contributed by atoms with Crippen LogP contribution in [-0.2, 0) is 6.42 Å². The van der Waals surface area contributed by atoms with E-state index in [4.69, 9.17) is 16.3 Å². The van der Waals surface area contributed by atoms with Gasteiger partial charge in [0, 0.05) is 0 Å². The Labute approximate surface area is 77.3 Å². The van der Waals surface area contributed by atoms with Gasteiger partial charge in [0.15, 0.2) is 0 Å². The molecule has 0 heterocycles. The third-order valence-corrected chi connectivity index (χ3v) is 2.78. The summed E-state index contributed by atoms with van der Waals surface area (Å²) < 4.78 is 5.21. The number of benzene rings is 1. The van der Waals surface area contributed by atoms with E-state index in [0.29, 0.717) is 0 Å². The predicted molar refractivity (Wildman–Crippen MR) is 50.0 cm³/mol. The van der Waals surface area contributed by atoms with Crippen LogP contribution in [0, 0.1) is 6.92 Å². The van der Waals surface area contributed by atoms with Crippen molar-refractivity contribution in [1.82, 2.24) is 0 Å². The number of hydrogen-bond donors (Lipinski definition) is 0. The van der Waals surface area contributed by atoms with Crippen LogP contribution in [0.3, 0.4) is 0 Å². The summed E-state index contributed by atoms with van der Waals surface area (Å²) in [4.78, 5) is 0. The normalized spacial score (nSPS) is 19.8. The van der Waals surface area contributed by atoms with Crippen LogP contribution in [0.4, 0.5) is 0 Å². The Kier molecular flexibility index (Phi) is 1.76. The monoisotopic (exact) mass is 182 g/mol. The van der Waals surface area contributed by atoms with Crippen molar-refractivity contribution in [2.45, 2.75) is 18.7 Å². The number of alkyl halides is 1. The van der Waals surface area contributed by atoms with E-state index < -0.39 is 0 Å². The molecule has 64 valence electrons. The van der Waals surface area contributed by atoms with Crippen LogP contribution in [-0.4, -0.2) is 7.11 Å². The van der Waals surface area contributed by atoms with Crippen LogP contribution in [0.15, 0.2) is 12.1 Å². The van der Waals surface area contributed by atoms with Gasteiger partial charge in [-0.05, 0) is 36.1 Å². The molecule has 1 aliphatic rings. The predicted octanol–water partition coefficient (Wildman–Crippen LogP) is 2.84. The van der Waals surface area contributed by atoms with Gasteiger partial charge in [0.05, 0.1) is 12.5 Å². The number of halogens is 1. The SMILES string of the molecule is COc1cc2c(cc1C)[C@@H](Cl)C2. The first-order valence-corrected chi connectivity index (χ1v) is 4.47. The van der Waals surface area contributed by atoms with Gasteiger partial charge >= 0.3 is 0 Å². The zero-order valence-corrected chi connectivity index (χ0v) is 7.98. The summed E-state index contributed by atoms with van der Waals surface area (Å²) in [7, 11) is 1.70. The summed E-state index contributed by atoms with van der Waals surface area (Å²) in [6.45, 7) is 2.04. The van der Waals surface area contributed by atoms with E-state index in [-0.39, 0.29) is 5.38 Å². The van der Waals surface area contributed by atoms with Crippen molar-refractivity contribution in [1.29, 1.82) is 0 Å². The lowest BCUT2D eigenvalue weighted by atomic mass is 9.86. The number of hydrogen-bond acceptors (Lipinski definition) is 1. The van der Waals surface area contributed by atoms with Crippen molar-refractivity contribution in [3.05, 3.63) is 28.8 Å². The van der Waals surface area contributed by atoms with Gasteiger partial charge in [0.25, 0.3) is 0 Å². The first-order chi connectivity index (χ1) is 5.72. The van der Waals surface area contributed by atoms with Crippen LogP contribution in [0.25, 0.3) is 0 Å². The maximum absolute atomic E-state index is 6.01. The Morgan fingerprint density at radius 2 is 2.25 bits per heavy atom. The first-order valence-electron chi connectivity index (χ1n) is 4.04. The van der Waals surface area contributed by atoms with E-state index in [2.05, 4.69) is 12.1 Å². The molecule has 0 unspecified atom stereocenters. The molecule has 1 aliphatic carbocycles. The molecule has 12 heavy (non-hydrogen) atoms. The van der Waals surface area contributed by atoms with E-state index in [1.165, 1.54) is 16.7 Å². The van der Waals surface area contributed by atoms with Crippen molar-refractivity contribution < 1.29 is 4.74 Å². The van der Waals surface area contributed by atoms with Crippen molar-refractivity contribution in [2.75, 3.05) is 7.11 Å². The molecule has 0 fully saturated rings. The second-order valence-electron chi connectivity index (χ2n) is 3.19. The van der Waals surface area contributed by atoms with Gasteiger partial charge in [-0.2, -0.15) is 0 Å². The lowest BCUT2D eigenvalue weighted by Crippen LogP contribution is -2.12. The highest BCUT2D eigenvalue weighted by molar-refractivity contribution is 6.22. The van der Waals surface area contributed by atoms with Crippen LogP contribution in [0.2, 0.25) is 0 Å². The standard InChI is InChI=1S/C10H11ClO/c1-6-3-8-7(4-9(8)11)5-10(6)12-2/h3,5,9H,4H2,1-2H3/t9-/m0/s1. The minimum absolute atomic E-state index is 0.226. The lowest BCUT2D eigenvalue weighted by Gasteiger charge is -2.26. The lowest BCUT2D eigenvalue weighted by molar-refractivity contribution is 0.410. The van der Waals surface area contributed by atoms with Gasteiger partial charge in [-0.3, -0.25) is 0 Å². The molecule has 0 radical (unpaired) electrons. The first kappa shape index (κ1) is 7.93. The summed E-state index contributed by atoms with van der Waals surface area (Å²) in [6.07, 6.45) is 0.980. The number of aryl methyl sites for hydroxylation is 1. The molecule has 0 aromatic heterocycles. The molecule has 0 aliphatic heterocycles. The highest BCUT2D eigenvalue weighted by Gasteiger charge is 2.24. The van der Waals surface area contributed by atoms with E-state index >= 15 is 0 Å². The maximum atomic E-state index is 6.01. The fourth-order valence-corrected chi connectivity index (χ4v) is 1.98. The molecule has 1 nitrogen and oxygen atoms in total. The fraction of sp³-hybridized carbons (Fsp3) is 0.400. The Hall–Kier alpha value is -0.690. The second-order valence-corrected chi connectivity index (χ2v) is 3.72. The molecule has 0 saturated carbocycles. The Morgan fingerprint density at radius 3 is 2.83 bits per heavy atom. The smallest absolute Gasteiger partial charge is 0.122 e. The molecule has 0 amide bonds. The Morgan fingerprint density at radius 1 is 1.50 bits per heavy atom.